The number of carbonyl (C=O) groups excluding carboxylic acids is 1. The van der Waals surface area contributed by atoms with Crippen LogP contribution in [0.1, 0.15) is 36.6 Å². The summed E-state index contributed by atoms with van der Waals surface area (Å²) in [6, 6.07) is 0. The SMILES string of the molecule is CC1CCN(C(=O)Cn2cnc3sc4c(c3c2=O)CCC4)CC1. The molecule has 0 bridgehead atoms. The number of thiophene rings is 1. The van der Waals surface area contributed by atoms with Gasteiger partial charge >= 0.3 is 0 Å². The Morgan fingerprint density at radius 1 is 1.35 bits per heavy atom. The molecule has 0 saturated carbocycles. The Labute approximate surface area is 138 Å². The van der Waals surface area contributed by atoms with Crippen molar-refractivity contribution in [1.29, 1.82) is 0 Å². The van der Waals surface area contributed by atoms with E-state index in [1.54, 1.807) is 17.7 Å². The molecule has 23 heavy (non-hydrogen) atoms. The van der Waals surface area contributed by atoms with Crippen LogP contribution in [0.2, 0.25) is 0 Å². The Kier molecular flexibility index (Phi) is 3.71. The third kappa shape index (κ3) is 2.59. The number of fused-ring (bicyclic) bond motifs is 3. The standard InChI is InChI=1S/C17H21N3O2S/c1-11-5-7-19(8-6-11)14(21)9-20-10-18-16-15(17(20)22)12-3-2-4-13(12)23-16/h10-11H,2-9H2,1H3. The van der Waals surface area contributed by atoms with Gasteiger partial charge in [-0.05, 0) is 43.6 Å². The number of amides is 1. The summed E-state index contributed by atoms with van der Waals surface area (Å²) in [5.41, 5.74) is 1.13. The van der Waals surface area contributed by atoms with Crippen molar-refractivity contribution in [3.05, 3.63) is 27.1 Å². The lowest BCUT2D eigenvalue weighted by Gasteiger charge is -2.30. The van der Waals surface area contributed by atoms with Crippen LogP contribution in [0.4, 0.5) is 0 Å². The van der Waals surface area contributed by atoms with E-state index in [2.05, 4.69) is 11.9 Å². The highest BCUT2D eigenvalue weighted by Crippen LogP contribution is 2.34. The molecule has 0 N–H and O–H groups in total. The Bertz CT molecular complexity index is 815. The number of aromatic nitrogens is 2. The van der Waals surface area contributed by atoms with Gasteiger partial charge in [0.15, 0.2) is 0 Å². The Balaban J connectivity index is 1.61. The summed E-state index contributed by atoms with van der Waals surface area (Å²) in [6.07, 6.45) is 6.79. The first-order valence-corrected chi connectivity index (χ1v) is 9.22. The van der Waals surface area contributed by atoms with E-state index in [0.29, 0.717) is 5.92 Å². The molecular formula is C17H21N3O2S. The molecule has 2 aliphatic rings. The fraction of sp³-hybridized carbons (Fsp3) is 0.588. The van der Waals surface area contributed by atoms with Crippen LogP contribution >= 0.6 is 11.3 Å². The summed E-state index contributed by atoms with van der Waals surface area (Å²) in [7, 11) is 0. The van der Waals surface area contributed by atoms with Crippen molar-refractivity contribution >= 4 is 27.5 Å². The summed E-state index contributed by atoms with van der Waals surface area (Å²) in [4.78, 5) is 33.7. The van der Waals surface area contributed by atoms with E-state index < -0.39 is 0 Å². The summed E-state index contributed by atoms with van der Waals surface area (Å²) < 4.78 is 1.49. The van der Waals surface area contributed by atoms with Crippen LogP contribution in [-0.2, 0) is 24.2 Å². The van der Waals surface area contributed by atoms with Crippen LogP contribution in [0.25, 0.3) is 10.2 Å². The number of rotatable bonds is 2. The molecule has 1 amide bonds. The molecular weight excluding hydrogens is 310 g/mol. The summed E-state index contributed by atoms with van der Waals surface area (Å²) in [6.45, 7) is 3.94. The maximum absolute atomic E-state index is 12.8. The first-order valence-electron chi connectivity index (χ1n) is 8.41. The third-order valence-corrected chi connectivity index (χ3v) is 6.33. The lowest BCUT2D eigenvalue weighted by molar-refractivity contribution is -0.133. The van der Waals surface area contributed by atoms with Gasteiger partial charge in [0.2, 0.25) is 5.91 Å². The molecule has 0 aromatic carbocycles. The number of likely N-dealkylation sites (tertiary alicyclic amines) is 1. The number of hydrogen-bond acceptors (Lipinski definition) is 4. The minimum Gasteiger partial charge on any atom is -0.341 e. The van der Waals surface area contributed by atoms with Gasteiger partial charge in [-0.15, -0.1) is 11.3 Å². The van der Waals surface area contributed by atoms with Gasteiger partial charge in [0.1, 0.15) is 11.4 Å². The van der Waals surface area contributed by atoms with Gasteiger partial charge in [-0.1, -0.05) is 6.92 Å². The van der Waals surface area contributed by atoms with Crippen LogP contribution < -0.4 is 5.56 Å². The molecule has 0 spiro atoms. The minimum absolute atomic E-state index is 0.0343. The van der Waals surface area contributed by atoms with Gasteiger partial charge in [0.05, 0.1) is 11.7 Å². The minimum atomic E-state index is -0.0480. The van der Waals surface area contributed by atoms with Gasteiger partial charge < -0.3 is 4.90 Å². The number of hydrogen-bond donors (Lipinski definition) is 0. The van der Waals surface area contributed by atoms with Gasteiger partial charge in [0, 0.05) is 18.0 Å². The van der Waals surface area contributed by atoms with E-state index in [-0.39, 0.29) is 18.0 Å². The summed E-state index contributed by atoms with van der Waals surface area (Å²) in [5, 5.41) is 0.755. The van der Waals surface area contributed by atoms with Crippen molar-refractivity contribution in [3.63, 3.8) is 0 Å². The zero-order valence-electron chi connectivity index (χ0n) is 13.4. The molecule has 4 rings (SSSR count). The molecule has 0 radical (unpaired) electrons. The van der Waals surface area contributed by atoms with Crippen molar-refractivity contribution in [2.75, 3.05) is 13.1 Å². The Morgan fingerprint density at radius 2 is 2.13 bits per heavy atom. The molecule has 122 valence electrons. The fourth-order valence-corrected chi connectivity index (χ4v) is 4.86. The predicted molar refractivity (Wildman–Crippen MR) is 90.9 cm³/mol. The van der Waals surface area contributed by atoms with E-state index in [1.165, 1.54) is 15.0 Å². The van der Waals surface area contributed by atoms with Gasteiger partial charge in [0.25, 0.3) is 5.56 Å². The average Bonchev–Trinajstić information content (AvgIpc) is 3.11. The lowest BCUT2D eigenvalue weighted by atomic mass is 9.99. The van der Waals surface area contributed by atoms with E-state index in [9.17, 15) is 9.59 Å². The molecule has 1 aliphatic heterocycles. The maximum atomic E-state index is 12.8. The molecule has 2 aromatic heterocycles. The monoisotopic (exact) mass is 331 g/mol. The Morgan fingerprint density at radius 3 is 2.91 bits per heavy atom. The third-order valence-electron chi connectivity index (χ3n) is 5.13. The number of piperidine rings is 1. The second kappa shape index (κ2) is 5.74. The highest BCUT2D eigenvalue weighted by Gasteiger charge is 2.23. The lowest BCUT2D eigenvalue weighted by Crippen LogP contribution is -2.41. The summed E-state index contributed by atoms with van der Waals surface area (Å²) in [5.74, 6) is 0.722. The zero-order chi connectivity index (χ0) is 16.0. The molecule has 0 unspecified atom stereocenters. The van der Waals surface area contributed by atoms with Crippen LogP contribution in [-0.4, -0.2) is 33.4 Å². The number of carbonyl (C=O) groups is 1. The maximum Gasteiger partial charge on any atom is 0.262 e. The van der Waals surface area contributed by atoms with Crippen molar-refractivity contribution in [2.45, 2.75) is 45.6 Å². The molecule has 0 atom stereocenters. The van der Waals surface area contributed by atoms with Gasteiger partial charge in [-0.3, -0.25) is 14.2 Å². The Hall–Kier alpha value is -1.69. The fourth-order valence-electron chi connectivity index (χ4n) is 3.64. The van der Waals surface area contributed by atoms with Gasteiger partial charge in [-0.25, -0.2) is 4.98 Å². The second-order valence-electron chi connectivity index (χ2n) is 6.78. The summed E-state index contributed by atoms with van der Waals surface area (Å²) >= 11 is 1.64. The normalized spacial score (nSPS) is 18.6. The smallest absolute Gasteiger partial charge is 0.262 e. The molecule has 2 aromatic rings. The highest BCUT2D eigenvalue weighted by molar-refractivity contribution is 7.18. The van der Waals surface area contributed by atoms with E-state index >= 15 is 0 Å². The molecule has 3 heterocycles. The predicted octanol–water partition coefficient (Wildman–Crippen LogP) is 2.21. The van der Waals surface area contributed by atoms with Crippen LogP contribution in [0, 0.1) is 5.92 Å². The molecule has 1 aliphatic carbocycles. The second-order valence-corrected chi connectivity index (χ2v) is 7.86. The van der Waals surface area contributed by atoms with Crippen LogP contribution in [0.15, 0.2) is 11.1 Å². The average molecular weight is 331 g/mol. The topological polar surface area (TPSA) is 55.2 Å². The van der Waals surface area contributed by atoms with Crippen molar-refractivity contribution in [1.82, 2.24) is 14.5 Å². The van der Waals surface area contributed by atoms with Crippen molar-refractivity contribution in [3.8, 4) is 0 Å². The number of nitrogens with zero attached hydrogens (tertiary/aromatic N) is 3. The van der Waals surface area contributed by atoms with Crippen LogP contribution in [0.5, 0.6) is 0 Å². The molecule has 1 saturated heterocycles. The van der Waals surface area contributed by atoms with Crippen molar-refractivity contribution < 1.29 is 4.79 Å². The van der Waals surface area contributed by atoms with Gasteiger partial charge in [-0.2, -0.15) is 0 Å². The molecule has 1 fully saturated rings. The van der Waals surface area contributed by atoms with Crippen molar-refractivity contribution in [2.24, 2.45) is 5.92 Å². The quantitative estimate of drug-likeness (QED) is 0.848. The largest absolute Gasteiger partial charge is 0.341 e. The highest BCUT2D eigenvalue weighted by atomic mass is 32.1. The molecule has 5 nitrogen and oxygen atoms in total. The number of aryl methyl sites for hydroxylation is 2. The zero-order valence-corrected chi connectivity index (χ0v) is 14.2. The first-order chi connectivity index (χ1) is 11.1. The van der Waals surface area contributed by atoms with Crippen LogP contribution in [0.3, 0.4) is 0 Å². The van der Waals surface area contributed by atoms with E-state index in [1.807, 2.05) is 4.90 Å². The first kappa shape index (κ1) is 14.9. The van der Waals surface area contributed by atoms with E-state index in [4.69, 9.17) is 0 Å². The van der Waals surface area contributed by atoms with E-state index in [0.717, 1.165) is 55.4 Å². The molecule has 6 heteroatoms.